The van der Waals surface area contributed by atoms with Crippen molar-refractivity contribution >= 4 is 17.8 Å². The number of amides is 1. The summed E-state index contributed by atoms with van der Waals surface area (Å²) in [5.74, 6) is -2.66. The average Bonchev–Trinajstić information content (AvgIpc) is 2.00. The van der Waals surface area contributed by atoms with Gasteiger partial charge in [-0.15, -0.1) is 0 Å². The highest BCUT2D eigenvalue weighted by Crippen LogP contribution is 1.91. The van der Waals surface area contributed by atoms with Gasteiger partial charge in [0.1, 0.15) is 0 Å². The second-order valence-corrected chi connectivity index (χ2v) is 3.22. The van der Waals surface area contributed by atoms with Gasteiger partial charge in [-0.05, 0) is 0 Å². The molecule has 1 amide bonds. The Morgan fingerprint density at radius 1 is 0.933 bits per heavy atom. The standard InChI is InChI=1S/C8H14N2O5/c1-9(2)6(11)3-10(4-7(12)13)5-8(14)15/h3-5H2,1-2H3,(H,12,13)(H,14,15). The molecule has 0 aliphatic rings. The minimum atomic E-state index is -1.16. The Balaban J connectivity index is 4.29. The third-order valence-electron chi connectivity index (χ3n) is 1.58. The fourth-order valence-electron chi connectivity index (χ4n) is 0.883. The van der Waals surface area contributed by atoms with Crippen LogP contribution in [-0.4, -0.2) is 71.6 Å². The minimum absolute atomic E-state index is 0.217. The molecule has 0 rings (SSSR count). The molecule has 2 N–H and O–H groups in total. The van der Waals surface area contributed by atoms with E-state index in [-0.39, 0.29) is 12.5 Å². The van der Waals surface area contributed by atoms with Gasteiger partial charge in [-0.25, -0.2) is 0 Å². The Bertz CT molecular complexity index is 248. The molecule has 0 spiro atoms. The normalized spacial score (nSPS) is 10.1. The Morgan fingerprint density at radius 2 is 1.33 bits per heavy atom. The number of hydrogen-bond donors (Lipinski definition) is 2. The highest BCUT2D eigenvalue weighted by Gasteiger charge is 2.17. The Hall–Kier alpha value is -1.63. The SMILES string of the molecule is CN(C)C(=O)CN(CC(=O)O)CC(=O)O. The third kappa shape index (κ3) is 6.44. The van der Waals surface area contributed by atoms with Crippen LogP contribution in [0.25, 0.3) is 0 Å². The molecule has 0 saturated heterocycles. The average molecular weight is 218 g/mol. The lowest BCUT2D eigenvalue weighted by Gasteiger charge is -2.19. The van der Waals surface area contributed by atoms with E-state index < -0.39 is 25.0 Å². The van der Waals surface area contributed by atoms with Crippen molar-refractivity contribution in [2.75, 3.05) is 33.7 Å². The van der Waals surface area contributed by atoms with Crippen LogP contribution < -0.4 is 0 Å². The van der Waals surface area contributed by atoms with E-state index in [4.69, 9.17) is 10.2 Å². The Kier molecular flexibility index (Phi) is 5.32. The second kappa shape index (κ2) is 5.97. The summed E-state index contributed by atoms with van der Waals surface area (Å²) in [5, 5.41) is 17.0. The number of carbonyl (C=O) groups is 3. The predicted octanol–water partition coefficient (Wildman–Crippen LogP) is -1.45. The smallest absolute Gasteiger partial charge is 0.317 e. The van der Waals surface area contributed by atoms with E-state index in [1.807, 2.05) is 0 Å². The molecule has 0 aliphatic carbocycles. The number of rotatable bonds is 6. The maximum Gasteiger partial charge on any atom is 0.317 e. The quantitative estimate of drug-likeness (QED) is 0.565. The first-order valence-corrected chi connectivity index (χ1v) is 4.19. The molecular weight excluding hydrogens is 204 g/mol. The zero-order valence-electron chi connectivity index (χ0n) is 8.63. The zero-order chi connectivity index (χ0) is 12.0. The van der Waals surface area contributed by atoms with Crippen LogP contribution in [0.1, 0.15) is 0 Å². The molecule has 7 heteroatoms. The zero-order valence-corrected chi connectivity index (χ0v) is 8.63. The highest BCUT2D eigenvalue weighted by molar-refractivity contribution is 5.80. The number of carboxylic acid groups (broad SMARTS) is 2. The molecule has 7 nitrogen and oxygen atoms in total. The van der Waals surface area contributed by atoms with Crippen LogP contribution in [0.3, 0.4) is 0 Å². The van der Waals surface area contributed by atoms with Crippen LogP contribution in [0.4, 0.5) is 0 Å². The fourth-order valence-corrected chi connectivity index (χ4v) is 0.883. The van der Waals surface area contributed by atoms with E-state index in [0.29, 0.717) is 0 Å². The Labute approximate surface area is 86.9 Å². The van der Waals surface area contributed by atoms with Gasteiger partial charge in [0.05, 0.1) is 19.6 Å². The van der Waals surface area contributed by atoms with Crippen molar-refractivity contribution in [3.8, 4) is 0 Å². The van der Waals surface area contributed by atoms with Gasteiger partial charge in [-0.3, -0.25) is 19.3 Å². The van der Waals surface area contributed by atoms with Crippen LogP contribution in [0.15, 0.2) is 0 Å². The summed E-state index contributed by atoms with van der Waals surface area (Å²) in [6.07, 6.45) is 0. The number of nitrogens with zero attached hydrogens (tertiary/aromatic N) is 2. The van der Waals surface area contributed by atoms with Gasteiger partial charge >= 0.3 is 11.9 Å². The van der Waals surface area contributed by atoms with Crippen LogP contribution in [-0.2, 0) is 14.4 Å². The molecule has 0 aliphatic heterocycles. The van der Waals surface area contributed by atoms with Crippen molar-refractivity contribution in [1.82, 2.24) is 9.80 Å². The van der Waals surface area contributed by atoms with E-state index in [1.165, 1.54) is 19.0 Å². The van der Waals surface area contributed by atoms with Gasteiger partial charge in [-0.1, -0.05) is 0 Å². The summed E-state index contributed by atoms with van der Waals surface area (Å²) >= 11 is 0. The molecule has 0 unspecified atom stereocenters. The van der Waals surface area contributed by atoms with Gasteiger partial charge < -0.3 is 15.1 Å². The molecule has 0 aromatic heterocycles. The van der Waals surface area contributed by atoms with Crippen LogP contribution >= 0.6 is 0 Å². The lowest BCUT2D eigenvalue weighted by Crippen LogP contribution is -2.41. The Morgan fingerprint density at radius 3 is 1.60 bits per heavy atom. The summed E-state index contributed by atoms with van der Waals surface area (Å²) < 4.78 is 0. The number of likely N-dealkylation sites (N-methyl/N-ethyl adjacent to an activating group) is 1. The number of hydrogen-bond acceptors (Lipinski definition) is 4. The van der Waals surface area contributed by atoms with E-state index in [9.17, 15) is 14.4 Å². The first-order chi connectivity index (χ1) is 6.82. The van der Waals surface area contributed by atoms with Crippen molar-refractivity contribution in [3.05, 3.63) is 0 Å². The van der Waals surface area contributed by atoms with Gasteiger partial charge in [0.2, 0.25) is 5.91 Å². The predicted molar refractivity (Wildman–Crippen MR) is 50.4 cm³/mol. The molecule has 0 aromatic rings. The van der Waals surface area contributed by atoms with Crippen molar-refractivity contribution in [2.45, 2.75) is 0 Å². The van der Waals surface area contributed by atoms with E-state index >= 15 is 0 Å². The molecule has 0 fully saturated rings. The van der Waals surface area contributed by atoms with E-state index in [1.54, 1.807) is 0 Å². The topological polar surface area (TPSA) is 98.2 Å². The molecule has 0 radical (unpaired) electrons. The number of aliphatic carboxylic acids is 2. The molecule has 0 heterocycles. The van der Waals surface area contributed by atoms with Crippen molar-refractivity contribution in [3.63, 3.8) is 0 Å². The van der Waals surface area contributed by atoms with Gasteiger partial charge in [0.15, 0.2) is 0 Å². The lowest BCUT2D eigenvalue weighted by atomic mass is 10.4. The first kappa shape index (κ1) is 13.4. The summed E-state index contributed by atoms with van der Waals surface area (Å²) in [5.41, 5.74) is 0. The minimum Gasteiger partial charge on any atom is -0.480 e. The van der Waals surface area contributed by atoms with Crippen molar-refractivity contribution in [2.24, 2.45) is 0 Å². The van der Waals surface area contributed by atoms with Crippen molar-refractivity contribution in [1.29, 1.82) is 0 Å². The number of carbonyl (C=O) groups excluding carboxylic acids is 1. The van der Waals surface area contributed by atoms with Crippen LogP contribution in [0.2, 0.25) is 0 Å². The van der Waals surface area contributed by atoms with E-state index in [2.05, 4.69) is 0 Å². The molecular formula is C8H14N2O5. The van der Waals surface area contributed by atoms with Crippen molar-refractivity contribution < 1.29 is 24.6 Å². The van der Waals surface area contributed by atoms with Gasteiger partial charge in [0.25, 0.3) is 0 Å². The summed E-state index contributed by atoms with van der Waals surface area (Å²) in [6, 6.07) is 0. The van der Waals surface area contributed by atoms with E-state index in [0.717, 1.165) is 4.90 Å². The molecule has 15 heavy (non-hydrogen) atoms. The molecule has 0 saturated carbocycles. The molecule has 0 aromatic carbocycles. The highest BCUT2D eigenvalue weighted by atomic mass is 16.4. The molecule has 0 atom stereocenters. The summed E-state index contributed by atoms with van der Waals surface area (Å²) in [4.78, 5) is 34.3. The maximum absolute atomic E-state index is 11.2. The number of carboxylic acids is 2. The monoisotopic (exact) mass is 218 g/mol. The summed E-state index contributed by atoms with van der Waals surface area (Å²) in [6.45, 7) is -1.15. The van der Waals surface area contributed by atoms with Gasteiger partial charge in [-0.2, -0.15) is 0 Å². The third-order valence-corrected chi connectivity index (χ3v) is 1.58. The first-order valence-electron chi connectivity index (χ1n) is 4.19. The largest absolute Gasteiger partial charge is 0.480 e. The lowest BCUT2D eigenvalue weighted by molar-refractivity contribution is -0.142. The van der Waals surface area contributed by atoms with Gasteiger partial charge in [0, 0.05) is 14.1 Å². The fraction of sp³-hybridized carbons (Fsp3) is 0.625. The van der Waals surface area contributed by atoms with Crippen LogP contribution in [0, 0.1) is 0 Å². The summed E-state index contributed by atoms with van der Waals surface area (Å²) in [7, 11) is 3.03. The van der Waals surface area contributed by atoms with Crippen LogP contribution in [0.5, 0.6) is 0 Å². The maximum atomic E-state index is 11.2. The second-order valence-electron chi connectivity index (χ2n) is 3.22. The molecule has 0 bridgehead atoms. The molecule has 86 valence electrons.